The molecular formula is C20H29N5O. The minimum Gasteiger partial charge on any atom is -0.497 e. The topological polar surface area (TPSA) is 53.5 Å². The Balaban J connectivity index is 1.57. The summed E-state index contributed by atoms with van der Waals surface area (Å²) < 4.78 is 5.20. The molecule has 6 heteroatoms. The van der Waals surface area contributed by atoms with Crippen molar-refractivity contribution in [1.82, 2.24) is 14.9 Å². The molecule has 1 saturated heterocycles. The van der Waals surface area contributed by atoms with Gasteiger partial charge in [-0.3, -0.25) is 0 Å². The van der Waals surface area contributed by atoms with Crippen LogP contribution in [0.4, 0.5) is 11.8 Å². The second-order valence-electron chi connectivity index (χ2n) is 6.64. The van der Waals surface area contributed by atoms with Crippen LogP contribution in [0.2, 0.25) is 0 Å². The molecule has 0 unspecified atom stereocenters. The summed E-state index contributed by atoms with van der Waals surface area (Å²) in [6.07, 6.45) is 0.942. The summed E-state index contributed by atoms with van der Waals surface area (Å²) >= 11 is 0. The number of anilines is 2. The van der Waals surface area contributed by atoms with Crippen molar-refractivity contribution in [2.24, 2.45) is 0 Å². The van der Waals surface area contributed by atoms with Gasteiger partial charge < -0.3 is 19.9 Å². The molecule has 1 fully saturated rings. The number of nitrogens with zero attached hydrogens (tertiary/aromatic N) is 4. The number of hydrogen-bond acceptors (Lipinski definition) is 6. The maximum absolute atomic E-state index is 5.20. The number of hydrogen-bond donors (Lipinski definition) is 1. The SMILES string of the molecule is CCN1CCN(c2nc(C)cc(NCCc3ccc(OC)cc3)n2)CC1. The third kappa shape index (κ3) is 4.85. The van der Waals surface area contributed by atoms with E-state index >= 15 is 0 Å². The smallest absolute Gasteiger partial charge is 0.227 e. The number of rotatable bonds is 7. The van der Waals surface area contributed by atoms with Crippen molar-refractivity contribution in [1.29, 1.82) is 0 Å². The van der Waals surface area contributed by atoms with Gasteiger partial charge in [0, 0.05) is 44.5 Å². The van der Waals surface area contributed by atoms with E-state index < -0.39 is 0 Å². The van der Waals surface area contributed by atoms with Crippen molar-refractivity contribution in [2.45, 2.75) is 20.3 Å². The van der Waals surface area contributed by atoms with Crippen LogP contribution >= 0.6 is 0 Å². The second-order valence-corrected chi connectivity index (χ2v) is 6.64. The van der Waals surface area contributed by atoms with Gasteiger partial charge in [0.25, 0.3) is 0 Å². The first-order valence-corrected chi connectivity index (χ1v) is 9.37. The predicted octanol–water partition coefficient (Wildman–Crippen LogP) is 2.59. The fourth-order valence-electron chi connectivity index (χ4n) is 3.18. The van der Waals surface area contributed by atoms with E-state index in [1.807, 2.05) is 25.1 Å². The summed E-state index contributed by atoms with van der Waals surface area (Å²) in [6, 6.07) is 10.2. The molecule has 2 aromatic rings. The van der Waals surface area contributed by atoms with Crippen LogP contribution in [0.3, 0.4) is 0 Å². The predicted molar refractivity (Wildman–Crippen MR) is 106 cm³/mol. The minimum atomic E-state index is 0.839. The average molecular weight is 355 g/mol. The Kier molecular flexibility index (Phi) is 6.28. The third-order valence-electron chi connectivity index (χ3n) is 4.82. The van der Waals surface area contributed by atoms with Gasteiger partial charge in [-0.1, -0.05) is 19.1 Å². The highest BCUT2D eigenvalue weighted by atomic mass is 16.5. The molecule has 6 nitrogen and oxygen atoms in total. The van der Waals surface area contributed by atoms with Crippen molar-refractivity contribution < 1.29 is 4.74 Å². The van der Waals surface area contributed by atoms with Crippen molar-refractivity contribution in [3.63, 3.8) is 0 Å². The van der Waals surface area contributed by atoms with E-state index in [9.17, 15) is 0 Å². The van der Waals surface area contributed by atoms with Gasteiger partial charge in [-0.2, -0.15) is 4.98 Å². The maximum atomic E-state index is 5.20. The van der Waals surface area contributed by atoms with Crippen molar-refractivity contribution in [3.8, 4) is 5.75 Å². The molecule has 0 spiro atoms. The molecule has 140 valence electrons. The second kappa shape index (κ2) is 8.85. The molecule has 26 heavy (non-hydrogen) atoms. The first-order valence-electron chi connectivity index (χ1n) is 9.37. The molecule has 0 radical (unpaired) electrons. The molecule has 1 aliphatic heterocycles. The zero-order chi connectivity index (χ0) is 18.4. The molecular weight excluding hydrogens is 326 g/mol. The highest BCUT2D eigenvalue weighted by Gasteiger charge is 2.18. The number of aryl methyl sites for hydroxylation is 1. The van der Waals surface area contributed by atoms with Crippen LogP contribution < -0.4 is 15.0 Å². The highest BCUT2D eigenvalue weighted by molar-refractivity contribution is 5.44. The zero-order valence-corrected chi connectivity index (χ0v) is 16.0. The standard InChI is InChI=1S/C20H29N5O/c1-4-24-11-13-25(14-12-24)20-22-16(2)15-19(23-20)21-10-9-17-5-7-18(26-3)8-6-17/h5-8,15H,4,9-14H2,1-3H3,(H,21,22,23). The van der Waals surface area contributed by atoms with Gasteiger partial charge in [-0.25, -0.2) is 4.98 Å². The molecule has 0 atom stereocenters. The Morgan fingerprint density at radius 2 is 1.81 bits per heavy atom. The lowest BCUT2D eigenvalue weighted by atomic mass is 10.1. The maximum Gasteiger partial charge on any atom is 0.227 e. The molecule has 0 amide bonds. The fraction of sp³-hybridized carbons (Fsp3) is 0.500. The number of methoxy groups -OCH3 is 1. The van der Waals surface area contributed by atoms with Crippen LogP contribution in [0.5, 0.6) is 5.75 Å². The summed E-state index contributed by atoms with van der Waals surface area (Å²) in [6.45, 7) is 10.3. The van der Waals surface area contributed by atoms with Crippen LogP contribution in [0.25, 0.3) is 0 Å². The number of piperazine rings is 1. The third-order valence-corrected chi connectivity index (χ3v) is 4.82. The lowest BCUT2D eigenvalue weighted by molar-refractivity contribution is 0.270. The number of ether oxygens (including phenoxy) is 1. The van der Waals surface area contributed by atoms with Gasteiger partial charge in [0.05, 0.1) is 7.11 Å². The lowest BCUT2D eigenvalue weighted by Gasteiger charge is -2.34. The fourth-order valence-corrected chi connectivity index (χ4v) is 3.18. The molecule has 1 N–H and O–H groups in total. The van der Waals surface area contributed by atoms with Crippen LogP contribution in [-0.4, -0.2) is 61.2 Å². The highest BCUT2D eigenvalue weighted by Crippen LogP contribution is 2.16. The van der Waals surface area contributed by atoms with E-state index in [4.69, 9.17) is 9.72 Å². The minimum absolute atomic E-state index is 0.839. The number of likely N-dealkylation sites (N-methyl/N-ethyl adjacent to an activating group) is 1. The Morgan fingerprint density at radius 1 is 1.08 bits per heavy atom. The van der Waals surface area contributed by atoms with Crippen molar-refractivity contribution in [3.05, 3.63) is 41.6 Å². The molecule has 1 aliphatic rings. The van der Waals surface area contributed by atoms with Gasteiger partial charge in [0.15, 0.2) is 0 Å². The summed E-state index contributed by atoms with van der Waals surface area (Å²) in [5.74, 6) is 2.63. The van der Waals surface area contributed by atoms with Crippen LogP contribution in [-0.2, 0) is 6.42 Å². The van der Waals surface area contributed by atoms with Crippen molar-refractivity contribution in [2.75, 3.05) is 56.6 Å². The van der Waals surface area contributed by atoms with Crippen molar-refractivity contribution >= 4 is 11.8 Å². The van der Waals surface area contributed by atoms with E-state index in [1.54, 1.807) is 7.11 Å². The Labute approximate surface area is 156 Å². The summed E-state index contributed by atoms with van der Waals surface area (Å²) in [5, 5.41) is 3.44. The van der Waals surface area contributed by atoms with Crippen LogP contribution in [0, 0.1) is 6.92 Å². The molecule has 1 aromatic heterocycles. The first-order chi connectivity index (χ1) is 12.7. The summed E-state index contributed by atoms with van der Waals surface area (Å²) in [7, 11) is 1.69. The van der Waals surface area contributed by atoms with E-state index in [0.717, 1.165) is 68.9 Å². The Hall–Kier alpha value is -2.34. The monoisotopic (exact) mass is 355 g/mol. The van der Waals surface area contributed by atoms with Gasteiger partial charge in [-0.15, -0.1) is 0 Å². The molecule has 0 aliphatic carbocycles. The van der Waals surface area contributed by atoms with E-state index in [2.05, 4.69) is 39.2 Å². The Morgan fingerprint density at radius 3 is 2.46 bits per heavy atom. The molecule has 0 saturated carbocycles. The van der Waals surface area contributed by atoms with Crippen LogP contribution in [0.1, 0.15) is 18.2 Å². The largest absolute Gasteiger partial charge is 0.497 e. The van der Waals surface area contributed by atoms with E-state index in [0.29, 0.717) is 0 Å². The number of aromatic nitrogens is 2. The summed E-state index contributed by atoms with van der Waals surface area (Å²) in [4.78, 5) is 14.1. The zero-order valence-electron chi connectivity index (χ0n) is 16.0. The summed E-state index contributed by atoms with van der Waals surface area (Å²) in [5.41, 5.74) is 2.28. The number of nitrogens with one attached hydrogen (secondary N) is 1. The van der Waals surface area contributed by atoms with E-state index in [1.165, 1.54) is 5.56 Å². The van der Waals surface area contributed by atoms with E-state index in [-0.39, 0.29) is 0 Å². The van der Waals surface area contributed by atoms with Gasteiger partial charge in [0.2, 0.25) is 5.95 Å². The normalized spacial score (nSPS) is 15.1. The van der Waals surface area contributed by atoms with Gasteiger partial charge >= 0.3 is 0 Å². The average Bonchev–Trinajstić information content (AvgIpc) is 2.68. The molecule has 3 rings (SSSR count). The first kappa shape index (κ1) is 18.5. The van der Waals surface area contributed by atoms with Crippen LogP contribution in [0.15, 0.2) is 30.3 Å². The molecule has 1 aromatic carbocycles. The lowest BCUT2D eigenvalue weighted by Crippen LogP contribution is -2.46. The quantitative estimate of drug-likeness (QED) is 0.824. The van der Waals surface area contributed by atoms with Gasteiger partial charge in [0.1, 0.15) is 11.6 Å². The molecule has 0 bridgehead atoms. The van der Waals surface area contributed by atoms with Gasteiger partial charge in [-0.05, 0) is 37.6 Å². The Bertz CT molecular complexity index is 696. The molecule has 2 heterocycles. The number of benzene rings is 1.